The summed E-state index contributed by atoms with van der Waals surface area (Å²) in [5.74, 6) is -1.80. The molecule has 0 unspecified atom stereocenters. The summed E-state index contributed by atoms with van der Waals surface area (Å²) < 4.78 is 40.0. The lowest BCUT2D eigenvalue weighted by Gasteiger charge is -2.16. The number of para-hydroxylation sites is 1. The Morgan fingerprint density at radius 1 is 1.07 bits per heavy atom. The molecule has 7 nitrogen and oxygen atoms in total. The Kier molecular flexibility index (Phi) is 6.05. The van der Waals surface area contributed by atoms with E-state index in [0.717, 1.165) is 11.8 Å². The molecule has 28 heavy (non-hydrogen) atoms. The van der Waals surface area contributed by atoms with Gasteiger partial charge < -0.3 is 10.2 Å². The summed E-state index contributed by atoms with van der Waals surface area (Å²) in [5.41, 5.74) is 0.737. The molecule has 1 saturated heterocycles. The first-order valence-corrected chi connectivity index (χ1v) is 10.2. The van der Waals surface area contributed by atoms with Crippen molar-refractivity contribution in [2.24, 2.45) is 5.92 Å². The van der Waals surface area contributed by atoms with Gasteiger partial charge in [0.05, 0.1) is 5.92 Å². The van der Waals surface area contributed by atoms with Crippen LogP contribution in [0.4, 0.5) is 10.1 Å². The summed E-state index contributed by atoms with van der Waals surface area (Å²) in [6.07, 6.45) is 0.0989. The Morgan fingerprint density at radius 3 is 2.46 bits per heavy atom. The van der Waals surface area contributed by atoms with Gasteiger partial charge >= 0.3 is 0 Å². The molecule has 1 heterocycles. The fraction of sp³-hybridized carbons (Fsp3) is 0.263. The molecule has 2 aromatic rings. The third kappa shape index (κ3) is 4.55. The average Bonchev–Trinajstić information content (AvgIpc) is 3.08. The van der Waals surface area contributed by atoms with Gasteiger partial charge in [-0.25, -0.2) is 17.5 Å². The SMILES string of the molecule is O=C(NCCNS(=O)(=O)c1ccccc1F)[C@H]1CC(=O)N(c2ccccc2)C1. The highest BCUT2D eigenvalue weighted by atomic mass is 32.2. The highest BCUT2D eigenvalue weighted by Crippen LogP contribution is 2.24. The summed E-state index contributed by atoms with van der Waals surface area (Å²) in [6.45, 7) is 0.212. The van der Waals surface area contributed by atoms with Crippen molar-refractivity contribution in [2.45, 2.75) is 11.3 Å². The van der Waals surface area contributed by atoms with Gasteiger partial charge in [-0.15, -0.1) is 0 Å². The van der Waals surface area contributed by atoms with Gasteiger partial charge in [-0.2, -0.15) is 0 Å². The van der Waals surface area contributed by atoms with E-state index in [1.54, 1.807) is 17.0 Å². The van der Waals surface area contributed by atoms with E-state index in [1.807, 2.05) is 18.2 Å². The van der Waals surface area contributed by atoms with E-state index < -0.39 is 26.7 Å². The molecule has 1 atom stereocenters. The lowest BCUT2D eigenvalue weighted by atomic mass is 10.1. The van der Waals surface area contributed by atoms with Crippen LogP contribution in [0.15, 0.2) is 59.5 Å². The maximum absolute atomic E-state index is 13.6. The Morgan fingerprint density at radius 2 is 1.75 bits per heavy atom. The molecule has 0 saturated carbocycles. The molecular weight excluding hydrogens is 385 g/mol. The van der Waals surface area contributed by atoms with Crippen molar-refractivity contribution >= 4 is 27.5 Å². The summed E-state index contributed by atoms with van der Waals surface area (Å²) >= 11 is 0. The van der Waals surface area contributed by atoms with E-state index in [4.69, 9.17) is 0 Å². The topological polar surface area (TPSA) is 95.6 Å². The number of hydrogen-bond donors (Lipinski definition) is 2. The molecular formula is C19H20FN3O4S. The Balaban J connectivity index is 1.49. The third-order valence-electron chi connectivity index (χ3n) is 4.41. The Hall–Kier alpha value is -2.78. The van der Waals surface area contributed by atoms with Crippen LogP contribution in [0.2, 0.25) is 0 Å². The van der Waals surface area contributed by atoms with Crippen molar-refractivity contribution in [3.63, 3.8) is 0 Å². The van der Waals surface area contributed by atoms with Crippen LogP contribution in [-0.2, 0) is 19.6 Å². The quantitative estimate of drug-likeness (QED) is 0.679. The first kappa shape index (κ1) is 20.0. The number of carbonyl (C=O) groups excluding carboxylic acids is 2. The fourth-order valence-corrected chi connectivity index (χ4v) is 4.11. The van der Waals surface area contributed by atoms with Crippen LogP contribution in [0.3, 0.4) is 0 Å². The minimum Gasteiger partial charge on any atom is -0.354 e. The largest absolute Gasteiger partial charge is 0.354 e. The lowest BCUT2D eigenvalue weighted by Crippen LogP contribution is -2.38. The van der Waals surface area contributed by atoms with E-state index in [9.17, 15) is 22.4 Å². The number of rotatable bonds is 7. The molecule has 1 fully saturated rings. The standard InChI is InChI=1S/C19H20FN3O4S/c20-16-8-4-5-9-17(16)28(26,27)22-11-10-21-19(25)14-12-18(24)23(13-14)15-6-2-1-3-7-15/h1-9,14,22H,10-13H2,(H,21,25)/t14-/m0/s1. The molecule has 0 aliphatic carbocycles. The van der Waals surface area contributed by atoms with E-state index in [-0.39, 0.29) is 37.9 Å². The summed E-state index contributed by atoms with van der Waals surface area (Å²) in [5, 5.41) is 2.62. The zero-order chi connectivity index (χ0) is 20.1. The molecule has 9 heteroatoms. The van der Waals surface area contributed by atoms with Crippen LogP contribution >= 0.6 is 0 Å². The molecule has 0 spiro atoms. The highest BCUT2D eigenvalue weighted by Gasteiger charge is 2.34. The molecule has 0 aromatic heterocycles. The number of anilines is 1. The average molecular weight is 405 g/mol. The van der Waals surface area contributed by atoms with Crippen LogP contribution in [0.1, 0.15) is 6.42 Å². The van der Waals surface area contributed by atoms with Gasteiger partial charge in [0.2, 0.25) is 21.8 Å². The summed E-state index contributed by atoms with van der Waals surface area (Å²) in [6, 6.07) is 14.1. The summed E-state index contributed by atoms with van der Waals surface area (Å²) in [4.78, 5) is 25.6. The minimum absolute atomic E-state index is 0.0303. The van der Waals surface area contributed by atoms with Crippen molar-refractivity contribution < 1.29 is 22.4 Å². The summed E-state index contributed by atoms with van der Waals surface area (Å²) in [7, 11) is -4.00. The van der Waals surface area contributed by atoms with E-state index >= 15 is 0 Å². The molecule has 2 N–H and O–H groups in total. The number of benzene rings is 2. The number of nitrogens with one attached hydrogen (secondary N) is 2. The Labute approximate surface area is 162 Å². The normalized spacial score (nSPS) is 17.0. The van der Waals surface area contributed by atoms with Crippen LogP contribution < -0.4 is 14.9 Å². The lowest BCUT2D eigenvalue weighted by molar-refractivity contribution is -0.126. The maximum Gasteiger partial charge on any atom is 0.243 e. The molecule has 2 aromatic carbocycles. The van der Waals surface area contributed by atoms with Crippen molar-refractivity contribution in [1.82, 2.24) is 10.0 Å². The smallest absolute Gasteiger partial charge is 0.243 e. The number of carbonyl (C=O) groups is 2. The van der Waals surface area contributed by atoms with Crippen molar-refractivity contribution in [2.75, 3.05) is 24.5 Å². The zero-order valence-electron chi connectivity index (χ0n) is 15.0. The van der Waals surface area contributed by atoms with Crippen LogP contribution in [0.5, 0.6) is 0 Å². The predicted octanol–water partition coefficient (Wildman–Crippen LogP) is 1.27. The number of amides is 2. The van der Waals surface area contributed by atoms with Crippen LogP contribution in [0, 0.1) is 11.7 Å². The second-order valence-corrected chi connectivity index (χ2v) is 8.10. The zero-order valence-corrected chi connectivity index (χ0v) is 15.8. The minimum atomic E-state index is -4.00. The highest BCUT2D eigenvalue weighted by molar-refractivity contribution is 7.89. The van der Waals surface area contributed by atoms with Gasteiger partial charge in [-0.05, 0) is 24.3 Å². The Bertz CT molecular complexity index is 966. The van der Waals surface area contributed by atoms with E-state index in [0.29, 0.717) is 0 Å². The molecule has 0 bridgehead atoms. The predicted molar refractivity (Wildman–Crippen MR) is 102 cm³/mol. The second-order valence-electron chi connectivity index (χ2n) is 6.36. The number of nitrogens with zero attached hydrogens (tertiary/aromatic N) is 1. The number of halogens is 1. The van der Waals surface area contributed by atoms with Gasteiger partial charge in [0.15, 0.2) is 0 Å². The van der Waals surface area contributed by atoms with Gasteiger partial charge in [0.25, 0.3) is 0 Å². The van der Waals surface area contributed by atoms with Gasteiger partial charge in [0.1, 0.15) is 10.7 Å². The molecule has 1 aliphatic heterocycles. The van der Waals surface area contributed by atoms with Crippen molar-refractivity contribution in [3.05, 3.63) is 60.4 Å². The first-order valence-electron chi connectivity index (χ1n) is 8.76. The monoisotopic (exact) mass is 405 g/mol. The van der Waals surface area contributed by atoms with Gasteiger partial charge in [-0.3, -0.25) is 9.59 Å². The maximum atomic E-state index is 13.6. The first-order chi connectivity index (χ1) is 13.4. The molecule has 3 rings (SSSR count). The fourth-order valence-electron chi connectivity index (χ4n) is 3.00. The molecule has 1 aliphatic rings. The van der Waals surface area contributed by atoms with Crippen molar-refractivity contribution in [3.8, 4) is 0 Å². The van der Waals surface area contributed by atoms with E-state index in [1.165, 1.54) is 18.2 Å². The second kappa shape index (κ2) is 8.49. The third-order valence-corrected chi connectivity index (χ3v) is 5.90. The van der Waals surface area contributed by atoms with Crippen LogP contribution in [-0.4, -0.2) is 39.9 Å². The van der Waals surface area contributed by atoms with E-state index in [2.05, 4.69) is 10.0 Å². The van der Waals surface area contributed by atoms with Crippen molar-refractivity contribution in [1.29, 1.82) is 0 Å². The van der Waals surface area contributed by atoms with Gasteiger partial charge in [-0.1, -0.05) is 30.3 Å². The number of sulfonamides is 1. The molecule has 0 radical (unpaired) electrons. The van der Waals surface area contributed by atoms with Crippen LogP contribution in [0.25, 0.3) is 0 Å². The van der Waals surface area contributed by atoms with Gasteiger partial charge in [0, 0.05) is 31.7 Å². The number of hydrogen-bond acceptors (Lipinski definition) is 4. The molecule has 2 amide bonds. The molecule has 148 valence electrons.